The number of hydrogen-bond acceptors (Lipinski definition) is 7. The lowest BCUT2D eigenvalue weighted by Gasteiger charge is -2.10. The summed E-state index contributed by atoms with van der Waals surface area (Å²) in [5.74, 6) is 2.50. The smallest absolute Gasteiger partial charge is 0.229 e. The molecule has 1 aromatic carbocycles. The fourth-order valence-electron chi connectivity index (χ4n) is 3.65. The first kappa shape index (κ1) is 18.1. The second kappa shape index (κ2) is 6.94. The molecule has 0 unspecified atom stereocenters. The zero-order valence-electron chi connectivity index (χ0n) is 17.0. The summed E-state index contributed by atoms with van der Waals surface area (Å²) in [5.41, 5.74) is 2.09. The highest BCUT2D eigenvalue weighted by molar-refractivity contribution is 6.03. The van der Waals surface area contributed by atoms with Gasteiger partial charge >= 0.3 is 0 Å². The molecule has 8 nitrogen and oxygen atoms in total. The molecule has 0 saturated heterocycles. The van der Waals surface area contributed by atoms with Gasteiger partial charge in [0, 0.05) is 36.1 Å². The van der Waals surface area contributed by atoms with Crippen molar-refractivity contribution >= 4 is 39.4 Å². The standard InChI is InChI=1S/C23H21N5O3/c1-24-21-15-10-25-19(27-22(29)12-5-6-12)9-14(15)16(11-26-21)23-28-20-17(30-13-7-8-13)3-2-4-18(20)31-23/h2-4,9-13H,5-8H2,1H3,(H,24,26)(H,25,27,29). The number of rotatable bonds is 6. The quantitative estimate of drug-likeness (QED) is 0.482. The van der Waals surface area contributed by atoms with E-state index in [1.54, 1.807) is 12.4 Å². The number of amides is 1. The minimum absolute atomic E-state index is 0.0139. The molecule has 0 bridgehead atoms. The first-order chi connectivity index (χ1) is 15.2. The summed E-state index contributed by atoms with van der Waals surface area (Å²) in [5, 5.41) is 7.67. The minimum atomic E-state index is 0.0139. The first-order valence-corrected chi connectivity index (χ1v) is 10.5. The number of nitrogens with zero attached hydrogens (tertiary/aromatic N) is 3. The minimum Gasteiger partial charge on any atom is -0.488 e. The van der Waals surface area contributed by atoms with E-state index in [9.17, 15) is 4.79 Å². The third kappa shape index (κ3) is 3.34. The third-order valence-corrected chi connectivity index (χ3v) is 5.64. The number of hydrogen-bond donors (Lipinski definition) is 2. The number of para-hydroxylation sites is 1. The zero-order valence-corrected chi connectivity index (χ0v) is 17.0. The van der Waals surface area contributed by atoms with Crippen molar-refractivity contribution in [3.05, 3.63) is 36.7 Å². The molecule has 156 valence electrons. The van der Waals surface area contributed by atoms with Crippen LogP contribution in [0.4, 0.5) is 11.6 Å². The number of benzene rings is 1. The average Bonchev–Trinajstić information content (AvgIpc) is 3.71. The molecule has 0 radical (unpaired) electrons. The summed E-state index contributed by atoms with van der Waals surface area (Å²) < 4.78 is 12.1. The molecule has 3 heterocycles. The number of nitrogens with one attached hydrogen (secondary N) is 2. The maximum Gasteiger partial charge on any atom is 0.229 e. The lowest BCUT2D eigenvalue weighted by molar-refractivity contribution is -0.117. The number of fused-ring (bicyclic) bond motifs is 2. The number of pyridine rings is 2. The molecule has 31 heavy (non-hydrogen) atoms. The molecule has 0 atom stereocenters. The highest BCUT2D eigenvalue weighted by atomic mass is 16.5. The van der Waals surface area contributed by atoms with Crippen LogP contribution in [0.5, 0.6) is 5.75 Å². The number of carbonyl (C=O) groups is 1. The molecule has 2 N–H and O–H groups in total. The van der Waals surface area contributed by atoms with Crippen molar-refractivity contribution in [3.8, 4) is 17.2 Å². The monoisotopic (exact) mass is 415 g/mol. The average molecular weight is 415 g/mol. The highest BCUT2D eigenvalue weighted by Gasteiger charge is 2.30. The maximum atomic E-state index is 12.2. The van der Waals surface area contributed by atoms with Crippen molar-refractivity contribution in [2.75, 3.05) is 17.7 Å². The predicted molar refractivity (Wildman–Crippen MR) is 117 cm³/mol. The summed E-state index contributed by atoms with van der Waals surface area (Å²) in [6.45, 7) is 0. The van der Waals surface area contributed by atoms with E-state index >= 15 is 0 Å². The Morgan fingerprint density at radius 1 is 1.13 bits per heavy atom. The highest BCUT2D eigenvalue weighted by Crippen LogP contribution is 2.37. The van der Waals surface area contributed by atoms with Gasteiger partial charge < -0.3 is 19.8 Å². The van der Waals surface area contributed by atoms with E-state index in [1.807, 2.05) is 31.3 Å². The number of aromatic nitrogens is 3. The van der Waals surface area contributed by atoms with Crippen molar-refractivity contribution < 1.29 is 13.9 Å². The fraction of sp³-hybridized carbons (Fsp3) is 0.304. The Hall–Kier alpha value is -3.68. The largest absolute Gasteiger partial charge is 0.488 e. The molecule has 2 aliphatic carbocycles. The van der Waals surface area contributed by atoms with Gasteiger partial charge in [0.1, 0.15) is 17.4 Å². The number of anilines is 2. The number of carbonyl (C=O) groups excluding carboxylic acids is 1. The van der Waals surface area contributed by atoms with E-state index in [0.29, 0.717) is 28.6 Å². The van der Waals surface area contributed by atoms with Gasteiger partial charge in [-0.05, 0) is 43.9 Å². The van der Waals surface area contributed by atoms with Gasteiger partial charge in [0.2, 0.25) is 11.8 Å². The van der Waals surface area contributed by atoms with E-state index in [1.165, 1.54) is 0 Å². The van der Waals surface area contributed by atoms with Crippen molar-refractivity contribution in [3.63, 3.8) is 0 Å². The van der Waals surface area contributed by atoms with Gasteiger partial charge in [-0.3, -0.25) is 4.79 Å². The molecule has 2 aliphatic rings. The van der Waals surface area contributed by atoms with Gasteiger partial charge in [0.05, 0.1) is 11.7 Å². The summed E-state index contributed by atoms with van der Waals surface area (Å²) in [7, 11) is 1.81. The van der Waals surface area contributed by atoms with Gasteiger partial charge in [0.25, 0.3) is 0 Å². The van der Waals surface area contributed by atoms with Crippen LogP contribution in [-0.2, 0) is 4.79 Å². The van der Waals surface area contributed by atoms with E-state index in [0.717, 1.165) is 47.8 Å². The van der Waals surface area contributed by atoms with E-state index in [4.69, 9.17) is 14.1 Å². The SMILES string of the molecule is CNc1ncc(-c2nc3c(OC4CC4)cccc3o2)c2cc(NC(=O)C3CC3)ncc12. The maximum absolute atomic E-state index is 12.2. The van der Waals surface area contributed by atoms with Crippen LogP contribution in [0, 0.1) is 5.92 Å². The van der Waals surface area contributed by atoms with Crippen molar-refractivity contribution in [2.45, 2.75) is 31.8 Å². The van der Waals surface area contributed by atoms with Crippen LogP contribution in [0.15, 0.2) is 41.1 Å². The Bertz CT molecular complexity index is 1320. The van der Waals surface area contributed by atoms with Gasteiger partial charge in [-0.1, -0.05) is 6.07 Å². The normalized spacial score (nSPS) is 15.9. The van der Waals surface area contributed by atoms with Crippen LogP contribution in [0.25, 0.3) is 33.3 Å². The van der Waals surface area contributed by atoms with E-state index in [2.05, 4.69) is 20.6 Å². The molecule has 8 heteroatoms. The van der Waals surface area contributed by atoms with Crippen LogP contribution >= 0.6 is 0 Å². The summed E-state index contributed by atoms with van der Waals surface area (Å²) in [6, 6.07) is 7.56. The van der Waals surface area contributed by atoms with Crippen molar-refractivity contribution in [1.82, 2.24) is 15.0 Å². The van der Waals surface area contributed by atoms with E-state index in [-0.39, 0.29) is 17.9 Å². The molecule has 4 aromatic rings. The molecule has 6 rings (SSSR count). The molecule has 2 fully saturated rings. The first-order valence-electron chi connectivity index (χ1n) is 10.5. The molecule has 0 aliphatic heterocycles. The Morgan fingerprint density at radius 2 is 2.00 bits per heavy atom. The molecular formula is C23H21N5O3. The third-order valence-electron chi connectivity index (χ3n) is 5.64. The number of oxazole rings is 1. The Balaban J connectivity index is 1.47. The van der Waals surface area contributed by atoms with Crippen molar-refractivity contribution in [2.24, 2.45) is 5.92 Å². The van der Waals surface area contributed by atoms with Gasteiger partial charge in [-0.15, -0.1) is 0 Å². The molecule has 2 saturated carbocycles. The van der Waals surface area contributed by atoms with Crippen LogP contribution in [0.1, 0.15) is 25.7 Å². The van der Waals surface area contributed by atoms with Crippen LogP contribution in [0.2, 0.25) is 0 Å². The van der Waals surface area contributed by atoms with Gasteiger partial charge in [-0.2, -0.15) is 0 Å². The second-order valence-corrected chi connectivity index (χ2v) is 8.09. The summed E-state index contributed by atoms with van der Waals surface area (Å²) in [6.07, 6.45) is 7.73. The lowest BCUT2D eigenvalue weighted by Crippen LogP contribution is -2.14. The Kier molecular flexibility index (Phi) is 4.05. The Morgan fingerprint density at radius 3 is 2.77 bits per heavy atom. The van der Waals surface area contributed by atoms with Crippen LogP contribution < -0.4 is 15.4 Å². The summed E-state index contributed by atoms with van der Waals surface area (Å²) in [4.78, 5) is 25.9. The number of ether oxygens (including phenoxy) is 1. The molecule has 0 spiro atoms. The zero-order chi connectivity index (χ0) is 20.9. The summed E-state index contributed by atoms with van der Waals surface area (Å²) >= 11 is 0. The van der Waals surface area contributed by atoms with Crippen molar-refractivity contribution in [1.29, 1.82) is 0 Å². The molecule has 1 amide bonds. The lowest BCUT2D eigenvalue weighted by atomic mass is 10.1. The van der Waals surface area contributed by atoms with Crippen LogP contribution in [-0.4, -0.2) is 34.0 Å². The second-order valence-electron chi connectivity index (χ2n) is 8.09. The topological polar surface area (TPSA) is 102 Å². The predicted octanol–water partition coefficient (Wildman–Crippen LogP) is 4.37. The molecular weight excluding hydrogens is 394 g/mol. The van der Waals surface area contributed by atoms with Gasteiger partial charge in [-0.25, -0.2) is 15.0 Å². The van der Waals surface area contributed by atoms with Crippen LogP contribution in [0.3, 0.4) is 0 Å². The Labute approximate surface area is 178 Å². The van der Waals surface area contributed by atoms with Gasteiger partial charge in [0.15, 0.2) is 11.1 Å². The van der Waals surface area contributed by atoms with E-state index < -0.39 is 0 Å². The fourth-order valence-corrected chi connectivity index (χ4v) is 3.65. The molecule has 3 aromatic heterocycles.